The van der Waals surface area contributed by atoms with Crippen molar-refractivity contribution >= 4 is 24.3 Å². The molecule has 0 aromatic carbocycles. The molecule has 164 valence electrons. The zero-order chi connectivity index (χ0) is 20.5. The average molecular weight is 423 g/mol. The van der Waals surface area contributed by atoms with Gasteiger partial charge in [0.1, 0.15) is 5.15 Å². The van der Waals surface area contributed by atoms with Crippen LogP contribution in [0.2, 0.25) is 5.15 Å². The standard InChI is InChI=1S/C16H36N.C5H3BClF2N.FH/c1-5-9-13-17(14-10-6-2,15-11-7-3)16-12-8-4;7-5-2-1-4(3-10-5)6(8)9;/h5-16H2,1-4H3;1-3H;1H/q+1;;/p-1. The number of unbranched alkanes of at least 4 members (excludes halogenated alkanes) is 4. The monoisotopic (exact) mass is 422 g/mol. The molecule has 0 radical (unpaired) electrons. The van der Waals surface area contributed by atoms with E-state index in [1.54, 1.807) is 0 Å². The maximum Gasteiger partial charge on any atom is 0.573 e. The second-order valence-electron chi connectivity index (χ2n) is 7.37. The summed E-state index contributed by atoms with van der Waals surface area (Å²) in [6, 6.07) is 2.59. The van der Waals surface area contributed by atoms with Crippen LogP contribution in [0, 0.1) is 0 Å². The van der Waals surface area contributed by atoms with E-state index in [1.165, 1.54) is 94.2 Å². The molecule has 1 aromatic rings. The van der Waals surface area contributed by atoms with Crippen LogP contribution in [0.4, 0.5) is 8.63 Å². The molecule has 0 bridgehead atoms. The average Bonchev–Trinajstić information content (AvgIpc) is 2.68. The van der Waals surface area contributed by atoms with Gasteiger partial charge in [0.25, 0.3) is 0 Å². The minimum Gasteiger partial charge on any atom is -1.00 e. The molecule has 0 unspecified atom stereocenters. The third-order valence-electron chi connectivity index (χ3n) is 4.95. The molecule has 0 aliphatic heterocycles. The van der Waals surface area contributed by atoms with E-state index in [1.807, 2.05) is 0 Å². The van der Waals surface area contributed by atoms with Crippen LogP contribution in [0.3, 0.4) is 0 Å². The van der Waals surface area contributed by atoms with Crippen molar-refractivity contribution < 1.29 is 17.8 Å². The second kappa shape index (κ2) is 18.3. The van der Waals surface area contributed by atoms with Gasteiger partial charge in [-0.25, -0.2) is 4.98 Å². The predicted octanol–water partition coefficient (Wildman–Crippen LogP) is 3.38. The quantitative estimate of drug-likeness (QED) is 0.270. The number of hydrogen-bond donors (Lipinski definition) is 0. The first-order chi connectivity index (χ1) is 12.9. The Morgan fingerprint density at radius 3 is 1.46 bits per heavy atom. The van der Waals surface area contributed by atoms with Crippen molar-refractivity contribution in [1.29, 1.82) is 0 Å². The zero-order valence-electron chi connectivity index (χ0n) is 18.2. The lowest BCUT2D eigenvalue weighted by Crippen LogP contribution is -3.00. The van der Waals surface area contributed by atoms with Crippen molar-refractivity contribution in [3.63, 3.8) is 0 Å². The van der Waals surface area contributed by atoms with Gasteiger partial charge >= 0.3 is 7.27 Å². The number of rotatable bonds is 13. The van der Waals surface area contributed by atoms with E-state index in [4.69, 9.17) is 11.6 Å². The van der Waals surface area contributed by atoms with E-state index in [0.29, 0.717) is 0 Å². The highest BCUT2D eigenvalue weighted by Crippen LogP contribution is 2.16. The summed E-state index contributed by atoms with van der Waals surface area (Å²) in [7, 11) is -2.47. The Hall–Kier alpha value is -0.745. The molecule has 0 aliphatic carbocycles. The Bertz CT molecular complexity index is 424. The number of halogens is 4. The van der Waals surface area contributed by atoms with E-state index >= 15 is 0 Å². The summed E-state index contributed by atoms with van der Waals surface area (Å²) in [6.07, 6.45) is 12.1. The van der Waals surface area contributed by atoms with Gasteiger partial charge in [-0.05, 0) is 31.7 Å². The SMILES string of the molecule is CCCC[N+](CCCC)(CCCC)CCCC.FB(F)c1ccc(Cl)nc1.[F-]. The van der Waals surface area contributed by atoms with Crippen LogP contribution in [-0.2, 0) is 0 Å². The number of hydrogen-bond acceptors (Lipinski definition) is 1. The summed E-state index contributed by atoms with van der Waals surface area (Å²) < 4.78 is 25.1. The van der Waals surface area contributed by atoms with E-state index in [0.717, 1.165) is 6.20 Å². The van der Waals surface area contributed by atoms with Crippen LogP contribution in [0.25, 0.3) is 0 Å². The van der Waals surface area contributed by atoms with Gasteiger partial charge in [-0.1, -0.05) is 71.0 Å². The normalized spacial score (nSPS) is 10.7. The number of quaternary nitrogens is 1. The first-order valence-corrected chi connectivity index (χ1v) is 11.1. The molecule has 1 aromatic heterocycles. The minimum atomic E-state index is -2.47. The third kappa shape index (κ3) is 13.4. The van der Waals surface area contributed by atoms with Gasteiger partial charge in [-0.3, -0.25) is 8.63 Å². The topological polar surface area (TPSA) is 12.9 Å². The van der Waals surface area contributed by atoms with E-state index in [-0.39, 0.29) is 15.3 Å². The van der Waals surface area contributed by atoms with Gasteiger partial charge in [0.15, 0.2) is 0 Å². The van der Waals surface area contributed by atoms with E-state index in [2.05, 4.69) is 32.7 Å². The van der Waals surface area contributed by atoms with Gasteiger partial charge in [0.05, 0.1) is 26.2 Å². The Morgan fingerprint density at radius 2 is 1.21 bits per heavy atom. The lowest BCUT2D eigenvalue weighted by atomic mass is 9.88. The molecule has 0 saturated heterocycles. The van der Waals surface area contributed by atoms with Crippen LogP contribution in [0.15, 0.2) is 18.3 Å². The highest BCUT2D eigenvalue weighted by atomic mass is 35.5. The summed E-state index contributed by atoms with van der Waals surface area (Å²) >= 11 is 5.36. The first-order valence-electron chi connectivity index (χ1n) is 10.7. The molecule has 0 fully saturated rings. The van der Waals surface area contributed by atoms with Crippen LogP contribution >= 0.6 is 11.6 Å². The second-order valence-corrected chi connectivity index (χ2v) is 7.75. The lowest BCUT2D eigenvalue weighted by Gasteiger charge is -2.39. The van der Waals surface area contributed by atoms with Crippen LogP contribution < -0.4 is 10.2 Å². The van der Waals surface area contributed by atoms with Crippen molar-refractivity contribution in [3.8, 4) is 0 Å². The third-order valence-corrected chi connectivity index (χ3v) is 5.17. The summed E-state index contributed by atoms with van der Waals surface area (Å²) in [6.45, 7) is 15.0. The zero-order valence-corrected chi connectivity index (χ0v) is 19.0. The van der Waals surface area contributed by atoms with E-state index < -0.39 is 7.27 Å². The maximum atomic E-state index is 11.8. The van der Waals surface area contributed by atoms with Crippen LogP contribution in [0.5, 0.6) is 0 Å². The Morgan fingerprint density at radius 1 is 0.821 bits per heavy atom. The Balaban J connectivity index is 0. The van der Waals surface area contributed by atoms with Crippen molar-refractivity contribution in [2.45, 2.75) is 79.1 Å². The number of pyridine rings is 1. The molecule has 28 heavy (non-hydrogen) atoms. The molecule has 0 atom stereocenters. The fourth-order valence-electron chi connectivity index (χ4n) is 3.16. The molecule has 0 saturated carbocycles. The summed E-state index contributed by atoms with van der Waals surface area (Å²) in [5, 5.41) is 0.226. The van der Waals surface area contributed by atoms with Gasteiger partial charge in [-0.2, -0.15) is 0 Å². The predicted molar refractivity (Wildman–Crippen MR) is 116 cm³/mol. The van der Waals surface area contributed by atoms with Gasteiger partial charge in [0, 0.05) is 11.7 Å². The van der Waals surface area contributed by atoms with Crippen molar-refractivity contribution in [2.75, 3.05) is 26.2 Å². The molecule has 7 heteroatoms. The molecule has 1 rings (SSSR count). The van der Waals surface area contributed by atoms with Gasteiger partial charge < -0.3 is 9.19 Å². The Kier molecular flexibility index (Phi) is 19.2. The largest absolute Gasteiger partial charge is 1.00 e. The molecule has 0 amide bonds. The molecular weight excluding hydrogens is 384 g/mol. The molecular formula is C21H39BClF3N2. The van der Waals surface area contributed by atoms with Crippen molar-refractivity contribution in [1.82, 2.24) is 4.98 Å². The smallest absolute Gasteiger partial charge is 0.573 e. The van der Waals surface area contributed by atoms with Crippen molar-refractivity contribution in [2.24, 2.45) is 0 Å². The minimum absolute atomic E-state index is 0. The molecule has 0 aliphatic rings. The summed E-state index contributed by atoms with van der Waals surface area (Å²) in [4.78, 5) is 3.49. The van der Waals surface area contributed by atoms with E-state index in [9.17, 15) is 8.63 Å². The molecule has 2 nitrogen and oxygen atoms in total. The van der Waals surface area contributed by atoms with Crippen LogP contribution in [0.1, 0.15) is 79.1 Å². The molecule has 1 heterocycles. The Labute approximate surface area is 176 Å². The first kappa shape index (κ1) is 29.5. The number of aromatic nitrogens is 1. The summed E-state index contributed by atoms with van der Waals surface area (Å²) in [5.74, 6) is 0. The maximum absolute atomic E-state index is 11.8. The number of nitrogens with zero attached hydrogens (tertiary/aromatic N) is 2. The molecule has 0 N–H and O–H groups in total. The van der Waals surface area contributed by atoms with Gasteiger partial charge in [-0.15, -0.1) is 0 Å². The van der Waals surface area contributed by atoms with Gasteiger partial charge in [0.2, 0.25) is 0 Å². The van der Waals surface area contributed by atoms with Crippen molar-refractivity contribution in [3.05, 3.63) is 23.5 Å². The summed E-state index contributed by atoms with van der Waals surface area (Å²) in [5.41, 5.74) is -0.107. The highest BCUT2D eigenvalue weighted by molar-refractivity contribution is 6.59. The lowest BCUT2D eigenvalue weighted by molar-refractivity contribution is -0.929. The fraction of sp³-hybridized carbons (Fsp3) is 0.762. The fourth-order valence-corrected chi connectivity index (χ4v) is 3.27. The van der Waals surface area contributed by atoms with Crippen LogP contribution in [-0.4, -0.2) is 42.9 Å². The highest BCUT2D eigenvalue weighted by Gasteiger charge is 2.24. The molecule has 0 spiro atoms.